The van der Waals surface area contributed by atoms with Gasteiger partial charge >= 0.3 is 0 Å². The van der Waals surface area contributed by atoms with Crippen LogP contribution in [0.3, 0.4) is 0 Å². The van der Waals surface area contributed by atoms with Gasteiger partial charge in [-0.15, -0.1) is 0 Å². The standard InChI is InChI=1S/C21H35N3O2/c1-16-15-20(17(2)24(16)18-7-4-3-5-8-18)21(25)23-12-9-19(10-13-23)26-14-6-11-22/h15,18-19H,3-14,22H2,1-2H3. The van der Waals surface area contributed by atoms with Gasteiger partial charge in [0.15, 0.2) is 0 Å². The van der Waals surface area contributed by atoms with E-state index in [1.807, 2.05) is 4.90 Å². The van der Waals surface area contributed by atoms with E-state index in [0.717, 1.165) is 50.2 Å². The number of piperidine rings is 1. The van der Waals surface area contributed by atoms with Crippen molar-refractivity contribution in [1.82, 2.24) is 9.47 Å². The minimum absolute atomic E-state index is 0.195. The number of carbonyl (C=O) groups excluding carboxylic acids is 1. The largest absolute Gasteiger partial charge is 0.378 e. The molecule has 146 valence electrons. The van der Waals surface area contributed by atoms with E-state index in [9.17, 15) is 4.79 Å². The predicted molar refractivity (Wildman–Crippen MR) is 105 cm³/mol. The molecule has 2 heterocycles. The zero-order valence-corrected chi connectivity index (χ0v) is 16.5. The lowest BCUT2D eigenvalue weighted by molar-refractivity contribution is 0.00842. The molecule has 0 aromatic carbocycles. The maximum absolute atomic E-state index is 13.1. The van der Waals surface area contributed by atoms with Crippen molar-refractivity contribution < 1.29 is 9.53 Å². The number of amides is 1. The maximum atomic E-state index is 13.1. The summed E-state index contributed by atoms with van der Waals surface area (Å²) in [6.45, 7) is 7.26. The highest BCUT2D eigenvalue weighted by Gasteiger charge is 2.28. The quantitative estimate of drug-likeness (QED) is 0.788. The van der Waals surface area contributed by atoms with Crippen LogP contribution >= 0.6 is 0 Å². The maximum Gasteiger partial charge on any atom is 0.255 e. The fourth-order valence-electron chi connectivity index (χ4n) is 4.62. The Morgan fingerprint density at radius 2 is 1.85 bits per heavy atom. The molecule has 1 aliphatic heterocycles. The Bertz CT molecular complexity index is 597. The second-order valence-corrected chi connectivity index (χ2v) is 7.95. The Balaban J connectivity index is 1.62. The number of nitrogens with two attached hydrogens (primary N) is 1. The molecule has 26 heavy (non-hydrogen) atoms. The van der Waals surface area contributed by atoms with Crippen molar-refractivity contribution in [2.24, 2.45) is 5.73 Å². The van der Waals surface area contributed by atoms with Gasteiger partial charge < -0.3 is 19.9 Å². The van der Waals surface area contributed by atoms with Gasteiger partial charge in [-0.05, 0) is 58.6 Å². The fourth-order valence-corrected chi connectivity index (χ4v) is 4.62. The number of likely N-dealkylation sites (tertiary alicyclic amines) is 1. The Hall–Kier alpha value is -1.33. The molecular formula is C21H35N3O2. The lowest BCUT2D eigenvalue weighted by atomic mass is 9.95. The van der Waals surface area contributed by atoms with E-state index in [1.165, 1.54) is 37.8 Å². The zero-order chi connectivity index (χ0) is 18.5. The number of ether oxygens (including phenoxy) is 1. The molecule has 1 aromatic rings. The second-order valence-electron chi connectivity index (χ2n) is 7.95. The molecule has 0 spiro atoms. The third kappa shape index (κ3) is 4.32. The molecule has 0 unspecified atom stereocenters. The summed E-state index contributed by atoms with van der Waals surface area (Å²) in [6.07, 6.45) is 9.50. The van der Waals surface area contributed by atoms with Crippen LogP contribution in [0, 0.1) is 13.8 Å². The summed E-state index contributed by atoms with van der Waals surface area (Å²) in [5.74, 6) is 0.195. The van der Waals surface area contributed by atoms with E-state index in [0.29, 0.717) is 12.6 Å². The minimum Gasteiger partial charge on any atom is -0.378 e. The molecule has 1 aliphatic carbocycles. The van der Waals surface area contributed by atoms with Crippen molar-refractivity contribution in [3.05, 3.63) is 23.0 Å². The molecular weight excluding hydrogens is 326 g/mol. The van der Waals surface area contributed by atoms with Gasteiger partial charge in [0.25, 0.3) is 5.91 Å². The number of carbonyl (C=O) groups is 1. The molecule has 0 radical (unpaired) electrons. The van der Waals surface area contributed by atoms with E-state index in [2.05, 4.69) is 24.5 Å². The van der Waals surface area contributed by atoms with Crippen LogP contribution in [0.2, 0.25) is 0 Å². The molecule has 0 atom stereocenters. The molecule has 1 amide bonds. The highest BCUT2D eigenvalue weighted by Crippen LogP contribution is 2.32. The van der Waals surface area contributed by atoms with Gasteiger partial charge in [-0.1, -0.05) is 19.3 Å². The van der Waals surface area contributed by atoms with E-state index < -0.39 is 0 Å². The molecule has 5 nitrogen and oxygen atoms in total. The molecule has 1 aromatic heterocycles. The number of rotatable bonds is 6. The predicted octanol–water partition coefficient (Wildman–Crippen LogP) is 3.58. The van der Waals surface area contributed by atoms with Crippen LogP contribution in [0.4, 0.5) is 0 Å². The highest BCUT2D eigenvalue weighted by molar-refractivity contribution is 5.95. The summed E-state index contributed by atoms with van der Waals surface area (Å²) < 4.78 is 8.29. The van der Waals surface area contributed by atoms with Gasteiger partial charge in [-0.3, -0.25) is 4.79 Å². The Kier molecular flexibility index (Phi) is 6.76. The summed E-state index contributed by atoms with van der Waals surface area (Å²) in [7, 11) is 0. The van der Waals surface area contributed by atoms with Crippen molar-refractivity contribution >= 4 is 5.91 Å². The summed E-state index contributed by atoms with van der Waals surface area (Å²) >= 11 is 0. The van der Waals surface area contributed by atoms with Crippen LogP contribution in [0.25, 0.3) is 0 Å². The monoisotopic (exact) mass is 361 g/mol. The number of aryl methyl sites for hydroxylation is 1. The van der Waals surface area contributed by atoms with Gasteiger partial charge in [0, 0.05) is 37.1 Å². The smallest absolute Gasteiger partial charge is 0.255 e. The van der Waals surface area contributed by atoms with Crippen molar-refractivity contribution in [2.45, 2.75) is 77.4 Å². The molecule has 3 rings (SSSR count). The molecule has 1 saturated carbocycles. The lowest BCUT2D eigenvalue weighted by Crippen LogP contribution is -2.41. The van der Waals surface area contributed by atoms with Gasteiger partial charge in [-0.25, -0.2) is 0 Å². The third-order valence-corrected chi connectivity index (χ3v) is 6.09. The summed E-state index contributed by atoms with van der Waals surface area (Å²) in [5.41, 5.74) is 8.80. The van der Waals surface area contributed by atoms with Crippen molar-refractivity contribution in [3.8, 4) is 0 Å². The Labute approximate surface area is 157 Å². The normalized spacial score (nSPS) is 19.9. The van der Waals surface area contributed by atoms with Crippen LogP contribution in [-0.4, -0.2) is 47.7 Å². The first-order chi connectivity index (χ1) is 12.6. The molecule has 2 N–H and O–H groups in total. The Morgan fingerprint density at radius 1 is 1.15 bits per heavy atom. The zero-order valence-electron chi connectivity index (χ0n) is 16.5. The number of nitrogens with zero attached hydrogens (tertiary/aromatic N) is 2. The van der Waals surface area contributed by atoms with Crippen molar-refractivity contribution in [1.29, 1.82) is 0 Å². The number of hydrogen-bond donors (Lipinski definition) is 1. The van der Waals surface area contributed by atoms with Gasteiger partial charge in [0.05, 0.1) is 11.7 Å². The van der Waals surface area contributed by atoms with E-state index in [-0.39, 0.29) is 12.0 Å². The fraction of sp³-hybridized carbons (Fsp3) is 0.762. The number of aromatic nitrogens is 1. The van der Waals surface area contributed by atoms with E-state index in [4.69, 9.17) is 10.5 Å². The summed E-state index contributed by atoms with van der Waals surface area (Å²) in [5, 5.41) is 0. The molecule has 1 saturated heterocycles. The van der Waals surface area contributed by atoms with Crippen LogP contribution in [-0.2, 0) is 4.74 Å². The average molecular weight is 362 g/mol. The van der Waals surface area contributed by atoms with Crippen LogP contribution in [0.1, 0.15) is 79.2 Å². The third-order valence-electron chi connectivity index (χ3n) is 6.09. The van der Waals surface area contributed by atoms with E-state index >= 15 is 0 Å². The topological polar surface area (TPSA) is 60.5 Å². The summed E-state index contributed by atoms with van der Waals surface area (Å²) in [6, 6.07) is 2.68. The van der Waals surface area contributed by atoms with E-state index in [1.54, 1.807) is 0 Å². The van der Waals surface area contributed by atoms with Gasteiger partial charge in [0.2, 0.25) is 0 Å². The van der Waals surface area contributed by atoms with Gasteiger partial charge in [-0.2, -0.15) is 0 Å². The molecule has 2 aliphatic rings. The minimum atomic E-state index is 0.195. The SMILES string of the molecule is Cc1cc(C(=O)N2CCC(OCCCN)CC2)c(C)n1C1CCCCC1. The average Bonchev–Trinajstić information content (AvgIpc) is 2.97. The Morgan fingerprint density at radius 3 is 2.50 bits per heavy atom. The molecule has 2 fully saturated rings. The van der Waals surface area contributed by atoms with Crippen molar-refractivity contribution in [3.63, 3.8) is 0 Å². The number of hydrogen-bond acceptors (Lipinski definition) is 3. The highest BCUT2D eigenvalue weighted by atomic mass is 16.5. The van der Waals surface area contributed by atoms with Gasteiger partial charge in [0.1, 0.15) is 0 Å². The first-order valence-corrected chi connectivity index (χ1v) is 10.4. The first kappa shape index (κ1) is 19.4. The second kappa shape index (κ2) is 9.05. The van der Waals surface area contributed by atoms with Crippen molar-refractivity contribution in [2.75, 3.05) is 26.2 Å². The van der Waals surface area contributed by atoms with Crippen LogP contribution in [0.5, 0.6) is 0 Å². The molecule has 0 bridgehead atoms. The van der Waals surface area contributed by atoms with Crippen LogP contribution < -0.4 is 5.73 Å². The lowest BCUT2D eigenvalue weighted by Gasteiger charge is -2.32. The summed E-state index contributed by atoms with van der Waals surface area (Å²) in [4.78, 5) is 15.1. The van der Waals surface area contributed by atoms with Crippen LogP contribution in [0.15, 0.2) is 6.07 Å². The molecule has 5 heteroatoms. The first-order valence-electron chi connectivity index (χ1n) is 10.4.